The van der Waals surface area contributed by atoms with E-state index in [1.165, 1.54) is 21.9 Å². The van der Waals surface area contributed by atoms with Gasteiger partial charge in [-0.3, -0.25) is 29.8 Å². The molecule has 0 bridgehead atoms. The van der Waals surface area contributed by atoms with E-state index in [1.807, 2.05) is 0 Å². The zero-order chi connectivity index (χ0) is 26.4. The van der Waals surface area contributed by atoms with Crippen LogP contribution in [0.15, 0.2) is 24.3 Å². The minimum absolute atomic E-state index is 0.140. The van der Waals surface area contributed by atoms with E-state index in [9.17, 15) is 40.0 Å². The molecule has 188 valence electrons. The standard InChI is InChI=1S/C23H28N4O8/c1-5-24(6-2)22(30)16-10-14(12-18(20(16)28)26(32)33)9-15-11-17(23(31)25(7-3)8-4)21(29)19(13-15)27(34)35/h10-13,28-29H,5-9H2,1-4H3. The molecule has 0 aromatic heterocycles. The van der Waals surface area contributed by atoms with Crippen LogP contribution in [0.25, 0.3) is 0 Å². The van der Waals surface area contributed by atoms with Gasteiger partial charge in [0.1, 0.15) is 0 Å². The number of aromatic hydroxyl groups is 2. The summed E-state index contributed by atoms with van der Waals surface area (Å²) in [7, 11) is 0. The molecular formula is C23H28N4O8. The lowest BCUT2D eigenvalue weighted by molar-refractivity contribution is -0.386. The van der Waals surface area contributed by atoms with Gasteiger partial charge in [-0.25, -0.2) is 0 Å². The van der Waals surface area contributed by atoms with Gasteiger partial charge < -0.3 is 20.0 Å². The Hall–Kier alpha value is -4.22. The Bertz CT molecular complexity index is 1070. The van der Waals surface area contributed by atoms with Crippen LogP contribution in [0.4, 0.5) is 11.4 Å². The normalized spacial score (nSPS) is 10.6. The molecule has 2 N–H and O–H groups in total. The van der Waals surface area contributed by atoms with Gasteiger partial charge in [0, 0.05) is 38.3 Å². The molecule has 0 heterocycles. The number of phenolic OH excluding ortho intramolecular Hbond substituents is 2. The number of hydrogen-bond acceptors (Lipinski definition) is 8. The SMILES string of the molecule is CCN(CC)C(=O)c1cc(Cc2cc(C(=O)N(CC)CC)c(O)c([N+](=O)[O-])c2)cc([N+](=O)[O-])c1O. The van der Waals surface area contributed by atoms with E-state index < -0.39 is 44.5 Å². The maximum atomic E-state index is 12.9. The van der Waals surface area contributed by atoms with Crippen molar-refractivity contribution in [2.75, 3.05) is 26.2 Å². The van der Waals surface area contributed by atoms with E-state index in [0.717, 1.165) is 12.1 Å². The third-order valence-electron chi connectivity index (χ3n) is 5.66. The lowest BCUT2D eigenvalue weighted by atomic mass is 9.97. The zero-order valence-corrected chi connectivity index (χ0v) is 20.0. The van der Waals surface area contributed by atoms with Gasteiger partial charge in [-0.2, -0.15) is 0 Å². The number of nitro groups is 2. The zero-order valence-electron chi connectivity index (χ0n) is 20.0. The minimum Gasteiger partial charge on any atom is -0.502 e. The molecule has 2 aromatic carbocycles. The minimum atomic E-state index is -0.827. The summed E-state index contributed by atoms with van der Waals surface area (Å²) in [6.45, 7) is 8.14. The van der Waals surface area contributed by atoms with Gasteiger partial charge >= 0.3 is 11.4 Å². The number of amides is 2. The van der Waals surface area contributed by atoms with Gasteiger partial charge in [0.05, 0.1) is 21.0 Å². The molecule has 12 nitrogen and oxygen atoms in total. The highest BCUT2D eigenvalue weighted by Gasteiger charge is 2.28. The second-order valence-corrected chi connectivity index (χ2v) is 7.67. The molecule has 0 unspecified atom stereocenters. The van der Waals surface area contributed by atoms with E-state index in [1.54, 1.807) is 27.7 Å². The molecule has 0 aliphatic carbocycles. The largest absolute Gasteiger partial charge is 0.502 e. The van der Waals surface area contributed by atoms with Crippen LogP contribution < -0.4 is 0 Å². The van der Waals surface area contributed by atoms with Crippen molar-refractivity contribution in [1.82, 2.24) is 9.80 Å². The first-order chi connectivity index (χ1) is 16.5. The van der Waals surface area contributed by atoms with Crippen LogP contribution in [0.1, 0.15) is 59.5 Å². The number of carbonyl (C=O) groups is 2. The molecule has 0 atom stereocenters. The number of nitrogens with zero attached hydrogens (tertiary/aromatic N) is 4. The van der Waals surface area contributed by atoms with Gasteiger partial charge in [-0.1, -0.05) is 0 Å². The quantitative estimate of drug-likeness (QED) is 0.378. The fourth-order valence-corrected chi connectivity index (χ4v) is 3.76. The lowest BCUT2D eigenvalue weighted by Crippen LogP contribution is -2.30. The lowest BCUT2D eigenvalue weighted by Gasteiger charge is -2.20. The predicted molar refractivity (Wildman–Crippen MR) is 127 cm³/mol. The molecule has 2 aromatic rings. The topological polar surface area (TPSA) is 167 Å². The maximum Gasteiger partial charge on any atom is 0.311 e. The van der Waals surface area contributed by atoms with Crippen molar-refractivity contribution in [3.8, 4) is 11.5 Å². The van der Waals surface area contributed by atoms with E-state index in [0.29, 0.717) is 26.2 Å². The van der Waals surface area contributed by atoms with Crippen LogP contribution >= 0.6 is 0 Å². The van der Waals surface area contributed by atoms with Crippen LogP contribution in [0.3, 0.4) is 0 Å². The van der Waals surface area contributed by atoms with Crippen molar-refractivity contribution < 1.29 is 29.6 Å². The fourth-order valence-electron chi connectivity index (χ4n) is 3.76. The first kappa shape index (κ1) is 27.0. The summed E-state index contributed by atoms with van der Waals surface area (Å²) < 4.78 is 0. The molecule has 0 radical (unpaired) electrons. The molecule has 0 saturated heterocycles. The summed E-state index contributed by atoms with van der Waals surface area (Å²) >= 11 is 0. The number of benzene rings is 2. The number of hydrogen-bond donors (Lipinski definition) is 2. The van der Waals surface area contributed by atoms with Crippen LogP contribution in [0.5, 0.6) is 11.5 Å². The Labute approximate surface area is 201 Å². The van der Waals surface area contributed by atoms with Crippen LogP contribution in [-0.2, 0) is 6.42 Å². The highest BCUT2D eigenvalue weighted by Crippen LogP contribution is 2.36. The smallest absolute Gasteiger partial charge is 0.311 e. The molecule has 2 amide bonds. The van der Waals surface area contributed by atoms with Crippen molar-refractivity contribution in [2.24, 2.45) is 0 Å². The number of nitro benzene ring substituents is 2. The Kier molecular flexibility index (Phi) is 8.70. The number of carbonyl (C=O) groups excluding carboxylic acids is 2. The highest BCUT2D eigenvalue weighted by molar-refractivity contribution is 5.99. The van der Waals surface area contributed by atoms with Crippen molar-refractivity contribution in [3.05, 3.63) is 66.7 Å². The first-order valence-electron chi connectivity index (χ1n) is 11.1. The van der Waals surface area contributed by atoms with E-state index >= 15 is 0 Å². The van der Waals surface area contributed by atoms with Crippen molar-refractivity contribution in [2.45, 2.75) is 34.1 Å². The van der Waals surface area contributed by atoms with Crippen molar-refractivity contribution in [1.29, 1.82) is 0 Å². The number of phenols is 2. The molecule has 0 aliphatic heterocycles. The molecule has 0 saturated carbocycles. The predicted octanol–water partition coefficient (Wildman–Crippen LogP) is 3.47. The average Bonchev–Trinajstić information content (AvgIpc) is 2.81. The van der Waals surface area contributed by atoms with Crippen LogP contribution in [-0.4, -0.2) is 67.9 Å². The Morgan fingerprint density at radius 2 is 1.03 bits per heavy atom. The average molecular weight is 488 g/mol. The third kappa shape index (κ3) is 5.65. The van der Waals surface area contributed by atoms with Gasteiger partial charge in [0.2, 0.25) is 11.5 Å². The second kappa shape index (κ2) is 11.3. The van der Waals surface area contributed by atoms with E-state index in [2.05, 4.69) is 0 Å². The van der Waals surface area contributed by atoms with Gasteiger partial charge in [-0.15, -0.1) is 0 Å². The molecule has 2 rings (SSSR count). The van der Waals surface area contributed by atoms with Crippen LogP contribution in [0.2, 0.25) is 0 Å². The monoisotopic (exact) mass is 488 g/mol. The molecule has 35 heavy (non-hydrogen) atoms. The summed E-state index contributed by atoms with van der Waals surface area (Å²) in [4.78, 5) is 49.9. The summed E-state index contributed by atoms with van der Waals surface area (Å²) in [5, 5.41) is 43.8. The maximum absolute atomic E-state index is 12.9. The summed E-state index contributed by atoms with van der Waals surface area (Å²) in [6.07, 6.45) is -0.140. The summed E-state index contributed by atoms with van der Waals surface area (Å²) in [5.41, 5.74) is -1.50. The van der Waals surface area contributed by atoms with E-state index in [-0.39, 0.29) is 28.7 Å². The third-order valence-corrected chi connectivity index (χ3v) is 5.66. The number of rotatable bonds is 10. The summed E-state index contributed by atoms with van der Waals surface area (Å²) in [5.74, 6) is -2.76. The molecule has 0 spiro atoms. The van der Waals surface area contributed by atoms with Gasteiger partial charge in [0.25, 0.3) is 11.8 Å². The first-order valence-corrected chi connectivity index (χ1v) is 11.1. The fraction of sp³-hybridized carbons (Fsp3) is 0.391. The Balaban J connectivity index is 2.67. The summed E-state index contributed by atoms with van der Waals surface area (Å²) in [6, 6.07) is 4.71. The molecule has 0 fully saturated rings. The van der Waals surface area contributed by atoms with Crippen LogP contribution in [0, 0.1) is 20.2 Å². The molecular weight excluding hydrogens is 460 g/mol. The molecule has 12 heteroatoms. The second-order valence-electron chi connectivity index (χ2n) is 7.67. The van der Waals surface area contributed by atoms with Crippen molar-refractivity contribution >= 4 is 23.2 Å². The molecule has 0 aliphatic rings. The van der Waals surface area contributed by atoms with Gasteiger partial charge in [0.15, 0.2) is 0 Å². The Morgan fingerprint density at radius 3 is 1.29 bits per heavy atom. The highest BCUT2D eigenvalue weighted by atomic mass is 16.6. The Morgan fingerprint density at radius 1 is 0.714 bits per heavy atom. The van der Waals surface area contributed by atoms with E-state index in [4.69, 9.17) is 0 Å². The van der Waals surface area contributed by atoms with Gasteiger partial charge in [-0.05, 0) is 57.4 Å². The van der Waals surface area contributed by atoms with Crippen molar-refractivity contribution in [3.63, 3.8) is 0 Å².